The van der Waals surface area contributed by atoms with Gasteiger partial charge in [-0.1, -0.05) is 37.1 Å². The minimum atomic E-state index is -0.389. The van der Waals surface area contributed by atoms with Crippen molar-refractivity contribution in [2.75, 3.05) is 0 Å². The van der Waals surface area contributed by atoms with Gasteiger partial charge in [0.1, 0.15) is 11.9 Å². The molecule has 1 heterocycles. The van der Waals surface area contributed by atoms with Crippen molar-refractivity contribution in [1.82, 2.24) is 0 Å². The zero-order chi connectivity index (χ0) is 13.7. The topological polar surface area (TPSA) is 9.23 Å². The molecule has 19 heavy (non-hydrogen) atoms. The van der Waals surface area contributed by atoms with E-state index >= 15 is 0 Å². The molecule has 1 aliphatic heterocycles. The SMILES string of the molecule is CCCC1=COC(/C=C/c2ccc(F)c(Cl)c2)CC1. The number of hydrogen-bond acceptors (Lipinski definition) is 1. The third-order valence-corrected chi connectivity index (χ3v) is 3.47. The van der Waals surface area contributed by atoms with Crippen LogP contribution in [0.5, 0.6) is 0 Å². The molecular formula is C16H18ClFO. The Morgan fingerprint density at radius 3 is 2.95 bits per heavy atom. The lowest BCUT2D eigenvalue weighted by atomic mass is 10.0. The summed E-state index contributed by atoms with van der Waals surface area (Å²) >= 11 is 5.74. The van der Waals surface area contributed by atoms with Gasteiger partial charge in [-0.25, -0.2) is 4.39 Å². The van der Waals surface area contributed by atoms with E-state index in [2.05, 4.69) is 6.92 Å². The Balaban J connectivity index is 1.94. The maximum absolute atomic E-state index is 13.0. The maximum atomic E-state index is 13.0. The van der Waals surface area contributed by atoms with E-state index in [0.717, 1.165) is 31.2 Å². The monoisotopic (exact) mass is 280 g/mol. The van der Waals surface area contributed by atoms with Crippen LogP contribution in [0.2, 0.25) is 5.02 Å². The molecule has 0 spiro atoms. The van der Waals surface area contributed by atoms with Gasteiger partial charge >= 0.3 is 0 Å². The van der Waals surface area contributed by atoms with E-state index in [1.807, 2.05) is 18.4 Å². The van der Waals surface area contributed by atoms with Gasteiger partial charge in [-0.2, -0.15) is 0 Å². The van der Waals surface area contributed by atoms with Crippen LogP contribution in [0, 0.1) is 5.82 Å². The van der Waals surface area contributed by atoms with Crippen molar-refractivity contribution in [2.24, 2.45) is 0 Å². The summed E-state index contributed by atoms with van der Waals surface area (Å²) < 4.78 is 18.7. The van der Waals surface area contributed by atoms with Crippen LogP contribution in [-0.4, -0.2) is 6.10 Å². The number of rotatable bonds is 4. The summed E-state index contributed by atoms with van der Waals surface area (Å²) in [6.45, 7) is 2.17. The molecule has 1 aromatic rings. The smallest absolute Gasteiger partial charge is 0.141 e. The minimum absolute atomic E-state index is 0.101. The van der Waals surface area contributed by atoms with Crippen molar-refractivity contribution in [3.63, 3.8) is 0 Å². The lowest BCUT2D eigenvalue weighted by Gasteiger charge is -2.20. The molecule has 0 bridgehead atoms. The molecule has 0 aliphatic carbocycles. The molecule has 0 saturated heterocycles. The van der Waals surface area contributed by atoms with Crippen molar-refractivity contribution in [3.05, 3.63) is 52.5 Å². The summed E-state index contributed by atoms with van der Waals surface area (Å²) in [6.07, 6.45) is 10.3. The first-order chi connectivity index (χ1) is 9.19. The van der Waals surface area contributed by atoms with Crippen LogP contribution in [0.4, 0.5) is 4.39 Å². The van der Waals surface area contributed by atoms with Gasteiger partial charge in [-0.15, -0.1) is 0 Å². The second-order valence-corrected chi connectivity index (χ2v) is 5.18. The van der Waals surface area contributed by atoms with Crippen LogP contribution >= 0.6 is 11.6 Å². The van der Waals surface area contributed by atoms with Crippen LogP contribution in [0.1, 0.15) is 38.2 Å². The molecule has 0 radical (unpaired) electrons. The highest BCUT2D eigenvalue weighted by Crippen LogP contribution is 2.23. The molecule has 1 aliphatic rings. The molecule has 0 amide bonds. The highest BCUT2D eigenvalue weighted by atomic mass is 35.5. The number of hydrogen-bond donors (Lipinski definition) is 0. The Morgan fingerprint density at radius 1 is 1.47 bits per heavy atom. The average molecular weight is 281 g/mol. The van der Waals surface area contributed by atoms with Crippen LogP contribution in [0.15, 0.2) is 36.1 Å². The largest absolute Gasteiger partial charge is 0.494 e. The van der Waals surface area contributed by atoms with E-state index in [1.54, 1.807) is 12.1 Å². The van der Waals surface area contributed by atoms with Gasteiger partial charge in [0.15, 0.2) is 0 Å². The first-order valence-electron chi connectivity index (χ1n) is 6.65. The third-order valence-electron chi connectivity index (χ3n) is 3.18. The summed E-state index contributed by atoms with van der Waals surface area (Å²) in [5, 5.41) is 0.150. The van der Waals surface area contributed by atoms with Gasteiger partial charge in [0.2, 0.25) is 0 Å². The molecule has 0 N–H and O–H groups in total. The summed E-state index contributed by atoms with van der Waals surface area (Å²) in [6, 6.07) is 4.70. The molecule has 2 rings (SSSR count). The zero-order valence-electron chi connectivity index (χ0n) is 11.0. The predicted octanol–water partition coefficient (Wildman–Crippen LogP) is 5.36. The van der Waals surface area contributed by atoms with E-state index in [1.165, 1.54) is 11.6 Å². The van der Waals surface area contributed by atoms with Crippen LogP contribution in [0.3, 0.4) is 0 Å². The Morgan fingerprint density at radius 2 is 2.32 bits per heavy atom. The van der Waals surface area contributed by atoms with E-state index in [0.29, 0.717) is 0 Å². The fraction of sp³-hybridized carbons (Fsp3) is 0.375. The lowest BCUT2D eigenvalue weighted by Crippen LogP contribution is -2.11. The Kier molecular flexibility index (Phi) is 5.03. The molecule has 3 heteroatoms. The Hall–Kier alpha value is -1.28. The van der Waals surface area contributed by atoms with E-state index in [9.17, 15) is 4.39 Å². The fourth-order valence-corrected chi connectivity index (χ4v) is 2.31. The van der Waals surface area contributed by atoms with Crippen molar-refractivity contribution in [1.29, 1.82) is 0 Å². The van der Waals surface area contributed by atoms with Crippen LogP contribution in [-0.2, 0) is 4.74 Å². The second kappa shape index (κ2) is 6.76. The third kappa shape index (κ3) is 4.10. The highest BCUT2D eigenvalue weighted by molar-refractivity contribution is 6.30. The molecule has 1 nitrogen and oxygen atoms in total. The van der Waals surface area contributed by atoms with Crippen LogP contribution in [0.25, 0.3) is 6.08 Å². The first-order valence-corrected chi connectivity index (χ1v) is 7.03. The second-order valence-electron chi connectivity index (χ2n) is 4.77. The number of allylic oxidation sites excluding steroid dienone is 1. The standard InChI is InChI=1S/C16H18ClFO/c1-2-3-13-5-8-14(19-11-13)7-4-12-6-9-16(18)15(17)10-12/h4,6-7,9-11,14H,2-3,5,8H2,1H3/b7-4+. The number of benzene rings is 1. The average Bonchev–Trinajstić information content (AvgIpc) is 2.42. The van der Waals surface area contributed by atoms with Gasteiger partial charge in [0.05, 0.1) is 11.3 Å². The van der Waals surface area contributed by atoms with E-state index in [-0.39, 0.29) is 16.9 Å². The summed E-state index contributed by atoms with van der Waals surface area (Å²) in [4.78, 5) is 0. The van der Waals surface area contributed by atoms with E-state index in [4.69, 9.17) is 16.3 Å². The molecular weight excluding hydrogens is 263 g/mol. The maximum Gasteiger partial charge on any atom is 0.141 e. The summed E-state index contributed by atoms with van der Waals surface area (Å²) in [7, 11) is 0. The van der Waals surface area contributed by atoms with Crippen molar-refractivity contribution >= 4 is 17.7 Å². The zero-order valence-corrected chi connectivity index (χ0v) is 11.8. The van der Waals surface area contributed by atoms with Gasteiger partial charge in [0.25, 0.3) is 0 Å². The normalized spacial score (nSPS) is 19.3. The molecule has 1 unspecified atom stereocenters. The van der Waals surface area contributed by atoms with Crippen molar-refractivity contribution < 1.29 is 9.13 Å². The Labute approximate surface area is 118 Å². The molecule has 0 fully saturated rings. The van der Waals surface area contributed by atoms with Crippen LogP contribution < -0.4 is 0 Å². The summed E-state index contributed by atoms with van der Waals surface area (Å²) in [5.41, 5.74) is 2.27. The number of ether oxygens (including phenoxy) is 1. The minimum Gasteiger partial charge on any atom is -0.494 e. The van der Waals surface area contributed by atoms with Crippen molar-refractivity contribution in [3.8, 4) is 0 Å². The first kappa shape index (κ1) is 14.1. The molecule has 0 saturated carbocycles. The summed E-state index contributed by atoms with van der Waals surface area (Å²) in [5.74, 6) is -0.389. The van der Waals surface area contributed by atoms with Gasteiger partial charge in [-0.05, 0) is 48.6 Å². The molecule has 102 valence electrons. The molecule has 1 aromatic carbocycles. The van der Waals surface area contributed by atoms with Gasteiger partial charge in [0, 0.05) is 0 Å². The highest BCUT2D eigenvalue weighted by Gasteiger charge is 2.12. The number of halogens is 2. The van der Waals surface area contributed by atoms with Gasteiger partial charge < -0.3 is 4.74 Å². The van der Waals surface area contributed by atoms with E-state index < -0.39 is 0 Å². The quantitative estimate of drug-likeness (QED) is 0.722. The van der Waals surface area contributed by atoms with Gasteiger partial charge in [-0.3, -0.25) is 0 Å². The predicted molar refractivity (Wildman–Crippen MR) is 77.5 cm³/mol. The molecule has 0 aromatic heterocycles. The fourth-order valence-electron chi connectivity index (χ4n) is 2.12. The lowest BCUT2D eigenvalue weighted by molar-refractivity contribution is 0.159. The van der Waals surface area contributed by atoms with Crippen molar-refractivity contribution in [2.45, 2.75) is 38.7 Å². The molecule has 1 atom stereocenters. The Bertz CT molecular complexity index is 494.